The first-order valence-electron chi connectivity index (χ1n) is 8.31. The first-order valence-corrected chi connectivity index (χ1v) is 8.31. The summed E-state index contributed by atoms with van der Waals surface area (Å²) in [5.74, 6) is 0.0362. The van der Waals surface area contributed by atoms with Gasteiger partial charge in [0.05, 0.1) is 17.8 Å². The van der Waals surface area contributed by atoms with Crippen molar-refractivity contribution < 1.29 is 4.79 Å². The van der Waals surface area contributed by atoms with Crippen molar-refractivity contribution in [3.8, 4) is 11.1 Å². The van der Waals surface area contributed by atoms with Gasteiger partial charge in [-0.15, -0.1) is 0 Å². The summed E-state index contributed by atoms with van der Waals surface area (Å²) in [6.45, 7) is 3.20. The van der Waals surface area contributed by atoms with E-state index in [2.05, 4.69) is 15.0 Å². The Morgan fingerprint density at radius 1 is 1.08 bits per heavy atom. The molecule has 124 valence electrons. The molecule has 3 aromatic rings. The van der Waals surface area contributed by atoms with Gasteiger partial charge in [0.1, 0.15) is 0 Å². The number of rotatable bonds is 4. The number of nitrogens with zero attached hydrogens (tertiary/aromatic N) is 4. The normalized spacial score (nSPS) is 13.2. The van der Waals surface area contributed by atoms with E-state index < -0.39 is 0 Å². The third-order valence-electron chi connectivity index (χ3n) is 4.45. The van der Waals surface area contributed by atoms with Crippen LogP contribution in [-0.4, -0.2) is 32.3 Å². The van der Waals surface area contributed by atoms with Crippen LogP contribution in [0, 0.1) is 6.92 Å². The molecule has 0 aliphatic carbocycles. The number of hydrogen-bond acceptors (Lipinski definition) is 4. The second-order valence-electron chi connectivity index (χ2n) is 6.23. The number of amides is 1. The molecule has 0 saturated carbocycles. The average Bonchev–Trinajstić information content (AvgIpc) is 2.98. The molecule has 0 N–H and O–H groups in total. The fourth-order valence-electron chi connectivity index (χ4n) is 3.11. The maximum absolute atomic E-state index is 12.9. The van der Waals surface area contributed by atoms with Crippen LogP contribution in [0.15, 0.2) is 55.1 Å². The molecule has 25 heavy (non-hydrogen) atoms. The summed E-state index contributed by atoms with van der Waals surface area (Å²) in [4.78, 5) is 27.7. The van der Waals surface area contributed by atoms with Gasteiger partial charge in [-0.2, -0.15) is 0 Å². The Morgan fingerprint density at radius 3 is 2.76 bits per heavy atom. The molecule has 4 rings (SSSR count). The largest absolute Gasteiger partial charge is 0.332 e. The monoisotopic (exact) mass is 330 g/mol. The highest BCUT2D eigenvalue weighted by Gasteiger charge is 2.31. The van der Waals surface area contributed by atoms with Crippen molar-refractivity contribution in [2.24, 2.45) is 0 Å². The van der Waals surface area contributed by atoms with Crippen LogP contribution in [-0.2, 0) is 13.0 Å². The molecule has 0 spiro atoms. The molecular formula is C20H18N4O. The van der Waals surface area contributed by atoms with Crippen molar-refractivity contribution in [1.82, 2.24) is 19.9 Å². The van der Waals surface area contributed by atoms with Gasteiger partial charge in [-0.25, -0.2) is 0 Å². The van der Waals surface area contributed by atoms with Gasteiger partial charge >= 0.3 is 0 Å². The van der Waals surface area contributed by atoms with Crippen LogP contribution in [0.25, 0.3) is 11.1 Å². The summed E-state index contributed by atoms with van der Waals surface area (Å²) in [6, 6.07) is 9.79. The Bertz CT molecular complexity index is 907. The molecule has 3 aromatic heterocycles. The van der Waals surface area contributed by atoms with Crippen LogP contribution < -0.4 is 0 Å². The average molecular weight is 330 g/mol. The Labute approximate surface area is 146 Å². The highest BCUT2D eigenvalue weighted by Crippen LogP contribution is 2.30. The molecule has 5 nitrogen and oxygen atoms in total. The summed E-state index contributed by atoms with van der Waals surface area (Å²) < 4.78 is 0. The number of hydrogen-bond donors (Lipinski definition) is 0. The molecule has 0 bridgehead atoms. The van der Waals surface area contributed by atoms with Crippen LogP contribution in [0.4, 0.5) is 0 Å². The topological polar surface area (TPSA) is 59.0 Å². The minimum Gasteiger partial charge on any atom is -0.332 e. The van der Waals surface area contributed by atoms with Gasteiger partial charge in [-0.05, 0) is 36.2 Å². The molecule has 0 radical (unpaired) electrons. The van der Waals surface area contributed by atoms with Gasteiger partial charge in [-0.1, -0.05) is 12.1 Å². The van der Waals surface area contributed by atoms with E-state index >= 15 is 0 Å². The van der Waals surface area contributed by atoms with Crippen molar-refractivity contribution in [2.75, 3.05) is 6.54 Å². The zero-order chi connectivity index (χ0) is 17.2. The molecule has 0 fully saturated rings. The van der Waals surface area contributed by atoms with E-state index in [0.29, 0.717) is 18.7 Å². The van der Waals surface area contributed by atoms with Crippen LogP contribution in [0.5, 0.6) is 0 Å². The molecule has 4 heterocycles. The predicted molar refractivity (Wildman–Crippen MR) is 94.9 cm³/mol. The summed E-state index contributed by atoms with van der Waals surface area (Å²) >= 11 is 0. The minimum atomic E-state index is 0.0362. The standard InChI is InChI=1S/C20H18N4O/c1-14-4-5-16(23-11-14)7-10-24-13-18-19(20(24)25)17(6-9-22-18)15-3-2-8-21-12-15/h2-6,8-9,11-12H,7,10,13H2,1H3. The van der Waals surface area contributed by atoms with E-state index in [1.54, 1.807) is 18.6 Å². The third kappa shape index (κ3) is 3.01. The van der Waals surface area contributed by atoms with Crippen molar-refractivity contribution in [3.05, 3.63) is 77.6 Å². The maximum Gasteiger partial charge on any atom is 0.256 e. The van der Waals surface area contributed by atoms with E-state index in [4.69, 9.17) is 0 Å². The third-order valence-corrected chi connectivity index (χ3v) is 4.45. The van der Waals surface area contributed by atoms with Crippen LogP contribution in [0.3, 0.4) is 0 Å². The summed E-state index contributed by atoms with van der Waals surface area (Å²) in [5, 5.41) is 0. The van der Waals surface area contributed by atoms with Gasteiger partial charge in [0, 0.05) is 49.0 Å². The lowest BCUT2D eigenvalue weighted by atomic mass is 10.0. The zero-order valence-electron chi connectivity index (χ0n) is 14.0. The van der Waals surface area contributed by atoms with Crippen LogP contribution in [0.1, 0.15) is 27.3 Å². The first kappa shape index (κ1) is 15.4. The molecule has 0 saturated heterocycles. The maximum atomic E-state index is 12.9. The molecule has 0 atom stereocenters. The molecule has 1 aliphatic heterocycles. The van der Waals surface area contributed by atoms with Crippen molar-refractivity contribution in [3.63, 3.8) is 0 Å². The Kier molecular flexibility index (Phi) is 3.98. The molecule has 0 aromatic carbocycles. The predicted octanol–water partition coefficient (Wildman–Crippen LogP) is 3.05. The van der Waals surface area contributed by atoms with Gasteiger partial charge in [0.25, 0.3) is 5.91 Å². The number of carbonyl (C=O) groups excluding carboxylic acids is 1. The Hall–Kier alpha value is -3.08. The summed E-state index contributed by atoms with van der Waals surface area (Å²) in [6.07, 6.45) is 7.87. The highest BCUT2D eigenvalue weighted by molar-refractivity contribution is 6.03. The van der Waals surface area contributed by atoms with E-state index in [1.165, 1.54) is 0 Å². The Balaban J connectivity index is 1.56. The number of pyridine rings is 3. The minimum absolute atomic E-state index is 0.0362. The smallest absolute Gasteiger partial charge is 0.256 e. The van der Waals surface area contributed by atoms with E-state index in [9.17, 15) is 4.79 Å². The quantitative estimate of drug-likeness (QED) is 0.738. The lowest BCUT2D eigenvalue weighted by Gasteiger charge is -2.15. The fourth-order valence-corrected chi connectivity index (χ4v) is 3.11. The molecule has 1 aliphatic rings. The molecular weight excluding hydrogens is 312 g/mol. The number of fused-ring (bicyclic) bond motifs is 1. The molecule has 0 unspecified atom stereocenters. The second-order valence-corrected chi connectivity index (χ2v) is 6.23. The zero-order valence-corrected chi connectivity index (χ0v) is 14.0. The summed E-state index contributed by atoms with van der Waals surface area (Å²) in [5.41, 5.74) is 5.51. The number of aromatic nitrogens is 3. The van der Waals surface area contributed by atoms with Gasteiger partial charge < -0.3 is 4.90 Å². The fraction of sp³-hybridized carbons (Fsp3) is 0.200. The highest BCUT2D eigenvalue weighted by atomic mass is 16.2. The van der Waals surface area contributed by atoms with Crippen molar-refractivity contribution in [2.45, 2.75) is 19.9 Å². The van der Waals surface area contributed by atoms with Gasteiger partial charge in [0.2, 0.25) is 0 Å². The van der Waals surface area contributed by atoms with E-state index in [-0.39, 0.29) is 5.91 Å². The molecule has 5 heteroatoms. The van der Waals surface area contributed by atoms with Crippen LogP contribution >= 0.6 is 0 Å². The molecule has 1 amide bonds. The number of aryl methyl sites for hydroxylation is 1. The summed E-state index contributed by atoms with van der Waals surface area (Å²) in [7, 11) is 0. The number of carbonyl (C=O) groups is 1. The van der Waals surface area contributed by atoms with Crippen molar-refractivity contribution >= 4 is 5.91 Å². The first-order chi connectivity index (χ1) is 12.2. The van der Waals surface area contributed by atoms with Crippen molar-refractivity contribution in [1.29, 1.82) is 0 Å². The lowest BCUT2D eigenvalue weighted by Crippen LogP contribution is -2.26. The van der Waals surface area contributed by atoms with E-state index in [0.717, 1.165) is 34.5 Å². The van der Waals surface area contributed by atoms with Crippen LogP contribution in [0.2, 0.25) is 0 Å². The van der Waals surface area contributed by atoms with Gasteiger partial charge in [-0.3, -0.25) is 19.7 Å². The second kappa shape index (κ2) is 6.43. The lowest BCUT2D eigenvalue weighted by molar-refractivity contribution is 0.0780. The van der Waals surface area contributed by atoms with E-state index in [1.807, 2.05) is 48.4 Å². The SMILES string of the molecule is Cc1ccc(CCN2Cc3nccc(-c4cccnc4)c3C2=O)nc1. The van der Waals surface area contributed by atoms with Gasteiger partial charge in [0.15, 0.2) is 0 Å². The Morgan fingerprint density at radius 2 is 2.00 bits per heavy atom.